The number of amides is 1. The zero-order chi connectivity index (χ0) is 22.2. The van der Waals surface area contributed by atoms with Crippen LogP contribution in [0.4, 0.5) is 23.2 Å². The summed E-state index contributed by atoms with van der Waals surface area (Å²) in [6.07, 6.45) is -0.275. The minimum absolute atomic E-state index is 0.0192. The maximum atomic E-state index is 14.4. The van der Waals surface area contributed by atoms with E-state index in [0.717, 1.165) is 16.4 Å². The molecule has 2 aromatic rings. The fourth-order valence-corrected chi connectivity index (χ4v) is 4.99. The second-order valence-electron chi connectivity index (χ2n) is 6.61. The molecule has 2 aromatic carbocycles. The van der Waals surface area contributed by atoms with E-state index >= 15 is 0 Å². The Hall–Kier alpha value is -2.02. The molecule has 1 amide bonds. The molecule has 0 spiro atoms. The number of nitrogens with one attached hydrogen (secondary N) is 1. The van der Waals surface area contributed by atoms with E-state index in [2.05, 4.69) is 21.2 Å². The van der Waals surface area contributed by atoms with Gasteiger partial charge < -0.3 is 10.4 Å². The first-order valence-corrected chi connectivity index (χ1v) is 10.9. The number of hydrogen-bond acceptors (Lipinski definition) is 4. The lowest BCUT2D eigenvalue weighted by molar-refractivity contribution is 0.102. The summed E-state index contributed by atoms with van der Waals surface area (Å²) in [6, 6.07) is 2.67. The Labute approximate surface area is 177 Å². The predicted molar refractivity (Wildman–Crippen MR) is 102 cm³/mol. The number of sulfonamides is 1. The summed E-state index contributed by atoms with van der Waals surface area (Å²) in [4.78, 5) is 11.7. The van der Waals surface area contributed by atoms with Crippen LogP contribution in [0.3, 0.4) is 0 Å². The van der Waals surface area contributed by atoms with Crippen molar-refractivity contribution in [1.29, 1.82) is 0 Å². The number of halogens is 5. The largest absolute Gasteiger partial charge is 0.393 e. The molecule has 0 aromatic heterocycles. The Morgan fingerprint density at radius 3 is 2.17 bits per heavy atom. The number of nitrogens with zero attached hydrogens (tertiary/aromatic N) is 1. The molecule has 162 valence electrons. The van der Waals surface area contributed by atoms with Gasteiger partial charge in [-0.3, -0.25) is 4.79 Å². The van der Waals surface area contributed by atoms with E-state index in [1.807, 2.05) is 0 Å². The maximum absolute atomic E-state index is 14.4. The van der Waals surface area contributed by atoms with Crippen LogP contribution in [0.15, 0.2) is 33.6 Å². The first-order chi connectivity index (χ1) is 14.0. The number of carbonyl (C=O) groups excluding carboxylic acids is 1. The molecule has 0 saturated carbocycles. The average Bonchev–Trinajstić information content (AvgIpc) is 2.66. The summed E-state index contributed by atoms with van der Waals surface area (Å²) >= 11 is 2.96. The van der Waals surface area contributed by atoms with Crippen molar-refractivity contribution < 1.29 is 35.9 Å². The fraction of sp³-hybridized carbons (Fsp3) is 0.278. The Bertz CT molecular complexity index is 1080. The second kappa shape index (κ2) is 8.61. The van der Waals surface area contributed by atoms with Crippen LogP contribution in [0.2, 0.25) is 0 Å². The molecule has 3 rings (SSSR count). The molecule has 1 fully saturated rings. The Morgan fingerprint density at radius 2 is 1.60 bits per heavy atom. The number of aliphatic hydroxyl groups excluding tert-OH is 1. The molecule has 1 saturated heterocycles. The molecule has 6 nitrogen and oxygen atoms in total. The Morgan fingerprint density at radius 1 is 1.03 bits per heavy atom. The SMILES string of the molecule is O=C(Nc1cc(F)c(F)c(F)c1)c1cc(S(=O)(=O)N2CCC(O)CC2)c(F)cc1Br. The van der Waals surface area contributed by atoms with E-state index in [-0.39, 0.29) is 36.0 Å². The minimum Gasteiger partial charge on any atom is -0.393 e. The van der Waals surface area contributed by atoms with Crippen LogP contribution in [0.25, 0.3) is 0 Å². The number of piperidine rings is 1. The zero-order valence-electron chi connectivity index (χ0n) is 15.1. The van der Waals surface area contributed by atoms with E-state index in [4.69, 9.17) is 0 Å². The van der Waals surface area contributed by atoms with Gasteiger partial charge in [-0.05, 0) is 40.9 Å². The number of benzene rings is 2. The lowest BCUT2D eigenvalue weighted by Gasteiger charge is -2.29. The van der Waals surface area contributed by atoms with Crippen molar-refractivity contribution in [2.75, 3.05) is 18.4 Å². The smallest absolute Gasteiger partial charge is 0.256 e. The van der Waals surface area contributed by atoms with Gasteiger partial charge in [0, 0.05) is 35.4 Å². The fourth-order valence-electron chi connectivity index (χ4n) is 2.95. The Balaban J connectivity index is 1.94. The quantitative estimate of drug-likeness (QED) is 0.487. The molecule has 1 aliphatic heterocycles. The van der Waals surface area contributed by atoms with Gasteiger partial charge in [0.05, 0.1) is 11.7 Å². The average molecular weight is 511 g/mol. The molecular weight excluding hydrogens is 496 g/mol. The first kappa shape index (κ1) is 22.7. The summed E-state index contributed by atoms with van der Waals surface area (Å²) in [5.41, 5.74) is -0.737. The van der Waals surface area contributed by atoms with Gasteiger partial charge in [0.2, 0.25) is 10.0 Å². The standard InChI is InChI=1S/C18H15BrF4N2O4S/c19-12-8-13(20)16(30(28,29)25-3-1-10(26)2-4-25)7-11(12)18(27)24-9-5-14(21)17(23)15(22)6-9/h5-8,10,26H,1-4H2,(H,24,27). The molecule has 2 N–H and O–H groups in total. The third kappa shape index (κ3) is 4.51. The van der Waals surface area contributed by atoms with Crippen LogP contribution in [0, 0.1) is 23.3 Å². The summed E-state index contributed by atoms with van der Waals surface area (Å²) in [5, 5.41) is 11.6. The number of anilines is 1. The molecule has 12 heteroatoms. The van der Waals surface area contributed by atoms with Crippen LogP contribution in [-0.4, -0.2) is 42.9 Å². The van der Waals surface area contributed by atoms with Gasteiger partial charge in [0.1, 0.15) is 10.7 Å². The third-order valence-corrected chi connectivity index (χ3v) is 7.12. The van der Waals surface area contributed by atoms with E-state index in [1.54, 1.807) is 0 Å². The molecule has 1 aliphatic rings. The van der Waals surface area contributed by atoms with Gasteiger partial charge in [-0.2, -0.15) is 4.31 Å². The van der Waals surface area contributed by atoms with Gasteiger partial charge in [-0.1, -0.05) is 0 Å². The van der Waals surface area contributed by atoms with Crippen molar-refractivity contribution in [3.63, 3.8) is 0 Å². The Kier molecular flexibility index (Phi) is 6.51. The summed E-state index contributed by atoms with van der Waals surface area (Å²) in [6.45, 7) is -0.0384. The number of hydrogen-bond donors (Lipinski definition) is 2. The van der Waals surface area contributed by atoms with E-state index in [1.165, 1.54) is 0 Å². The minimum atomic E-state index is -4.30. The molecule has 0 aliphatic carbocycles. The van der Waals surface area contributed by atoms with Crippen molar-refractivity contribution >= 4 is 37.5 Å². The number of rotatable bonds is 4. The molecule has 0 atom stereocenters. The van der Waals surface area contributed by atoms with Gasteiger partial charge in [-0.25, -0.2) is 26.0 Å². The summed E-state index contributed by atoms with van der Waals surface area (Å²) in [5.74, 6) is -6.88. The maximum Gasteiger partial charge on any atom is 0.256 e. The number of aliphatic hydroxyl groups is 1. The van der Waals surface area contributed by atoms with Crippen molar-refractivity contribution in [2.24, 2.45) is 0 Å². The second-order valence-corrected chi connectivity index (χ2v) is 9.37. The van der Waals surface area contributed by atoms with E-state index in [9.17, 15) is 35.9 Å². The van der Waals surface area contributed by atoms with Gasteiger partial charge in [0.15, 0.2) is 17.5 Å². The molecule has 30 heavy (non-hydrogen) atoms. The topological polar surface area (TPSA) is 86.7 Å². The van der Waals surface area contributed by atoms with Gasteiger partial charge in [0.25, 0.3) is 5.91 Å². The van der Waals surface area contributed by atoms with E-state index in [0.29, 0.717) is 12.1 Å². The molecule has 1 heterocycles. The van der Waals surface area contributed by atoms with Crippen molar-refractivity contribution in [2.45, 2.75) is 23.8 Å². The molecule has 0 unspecified atom stereocenters. The highest BCUT2D eigenvalue weighted by Gasteiger charge is 2.32. The highest BCUT2D eigenvalue weighted by molar-refractivity contribution is 9.10. The molecular formula is C18H15BrF4N2O4S. The summed E-state index contributed by atoms with van der Waals surface area (Å²) in [7, 11) is -4.30. The lowest BCUT2D eigenvalue weighted by atomic mass is 10.1. The van der Waals surface area contributed by atoms with Crippen LogP contribution in [0.5, 0.6) is 0 Å². The normalized spacial score (nSPS) is 15.9. The number of carbonyl (C=O) groups is 1. The van der Waals surface area contributed by atoms with Crippen molar-refractivity contribution in [3.05, 3.63) is 57.6 Å². The first-order valence-electron chi connectivity index (χ1n) is 8.64. The molecule has 0 radical (unpaired) electrons. The summed E-state index contributed by atoms with van der Waals surface area (Å²) < 4.78 is 80.7. The third-order valence-electron chi connectivity index (χ3n) is 4.55. The zero-order valence-corrected chi connectivity index (χ0v) is 17.5. The van der Waals surface area contributed by atoms with Crippen LogP contribution >= 0.6 is 15.9 Å². The van der Waals surface area contributed by atoms with Gasteiger partial charge in [-0.15, -0.1) is 0 Å². The highest BCUT2D eigenvalue weighted by atomic mass is 79.9. The van der Waals surface area contributed by atoms with Crippen molar-refractivity contribution in [1.82, 2.24) is 4.31 Å². The molecule has 0 bridgehead atoms. The monoisotopic (exact) mass is 510 g/mol. The predicted octanol–water partition coefficient (Wildman–Crippen LogP) is 3.40. The highest BCUT2D eigenvalue weighted by Crippen LogP contribution is 2.29. The lowest BCUT2D eigenvalue weighted by Crippen LogP contribution is -2.40. The van der Waals surface area contributed by atoms with E-state index < -0.39 is 55.9 Å². The van der Waals surface area contributed by atoms with Gasteiger partial charge >= 0.3 is 0 Å². The van der Waals surface area contributed by atoms with Crippen LogP contribution in [0.1, 0.15) is 23.2 Å². The van der Waals surface area contributed by atoms with Crippen LogP contribution < -0.4 is 5.32 Å². The van der Waals surface area contributed by atoms with Crippen LogP contribution in [-0.2, 0) is 10.0 Å². The van der Waals surface area contributed by atoms with Crippen molar-refractivity contribution in [3.8, 4) is 0 Å².